The predicted molar refractivity (Wildman–Crippen MR) is 51.5 cm³/mol. The Bertz CT molecular complexity index is 151. The number of aliphatic hydroxyl groups is 1. The molecule has 14 heavy (non-hydrogen) atoms. The molecule has 0 aromatic heterocycles. The molecule has 0 aliphatic rings. The second-order valence-corrected chi connectivity index (χ2v) is 4.00. The number of likely N-dealkylation sites (N-methyl/N-ethyl adjacent to an activating group) is 1. The van der Waals surface area contributed by atoms with E-state index in [4.69, 9.17) is 9.84 Å². The second kappa shape index (κ2) is 7.73. The summed E-state index contributed by atoms with van der Waals surface area (Å²) in [6.07, 6.45) is -1.34. The van der Waals surface area contributed by atoms with E-state index in [0.29, 0.717) is 0 Å². The number of ether oxygens (including phenoxy) is 1. The SMILES string of the molecule is CC(O)C(=O)[O-].COCC[N+](C)(C)C. The van der Waals surface area contributed by atoms with Gasteiger partial charge in [-0.3, -0.25) is 0 Å². The molecule has 0 spiro atoms. The third-order valence-electron chi connectivity index (χ3n) is 1.31. The Balaban J connectivity index is 0. The number of nitrogens with zero attached hydrogens (tertiary/aromatic N) is 1. The first-order chi connectivity index (χ1) is 6.20. The summed E-state index contributed by atoms with van der Waals surface area (Å²) in [5.41, 5.74) is 0. The summed E-state index contributed by atoms with van der Waals surface area (Å²) in [7, 11) is 8.19. The van der Waals surface area contributed by atoms with Crippen molar-refractivity contribution in [3.63, 3.8) is 0 Å². The van der Waals surface area contributed by atoms with E-state index in [1.807, 2.05) is 0 Å². The molecule has 5 heteroatoms. The lowest BCUT2D eigenvalue weighted by atomic mass is 10.4. The van der Waals surface area contributed by atoms with Crippen LogP contribution in [0.25, 0.3) is 0 Å². The van der Waals surface area contributed by atoms with E-state index in [9.17, 15) is 9.90 Å². The van der Waals surface area contributed by atoms with Crippen LogP contribution in [0.3, 0.4) is 0 Å². The van der Waals surface area contributed by atoms with E-state index in [1.165, 1.54) is 0 Å². The largest absolute Gasteiger partial charge is 0.547 e. The Hall–Kier alpha value is -0.650. The van der Waals surface area contributed by atoms with Gasteiger partial charge >= 0.3 is 0 Å². The molecule has 0 aliphatic heterocycles. The Labute approximate surface area is 85.5 Å². The van der Waals surface area contributed by atoms with Crippen molar-refractivity contribution in [1.82, 2.24) is 0 Å². The molecule has 0 heterocycles. The van der Waals surface area contributed by atoms with Gasteiger partial charge in [0.15, 0.2) is 0 Å². The smallest absolute Gasteiger partial charge is 0.102 e. The Morgan fingerprint density at radius 3 is 1.93 bits per heavy atom. The van der Waals surface area contributed by atoms with Crippen LogP contribution in [-0.4, -0.2) is 63.1 Å². The highest BCUT2D eigenvalue weighted by atomic mass is 16.5. The summed E-state index contributed by atoms with van der Waals surface area (Å²) in [4.78, 5) is 9.34. The van der Waals surface area contributed by atoms with E-state index >= 15 is 0 Å². The van der Waals surface area contributed by atoms with E-state index < -0.39 is 12.1 Å². The van der Waals surface area contributed by atoms with Crippen LogP contribution in [0.4, 0.5) is 0 Å². The van der Waals surface area contributed by atoms with Gasteiger partial charge < -0.3 is 24.2 Å². The molecule has 0 aromatic rings. The van der Waals surface area contributed by atoms with Crippen LogP contribution >= 0.6 is 0 Å². The van der Waals surface area contributed by atoms with Crippen molar-refractivity contribution in [2.45, 2.75) is 13.0 Å². The quantitative estimate of drug-likeness (QED) is 0.567. The molecule has 0 rings (SSSR count). The van der Waals surface area contributed by atoms with Crippen molar-refractivity contribution in [3.05, 3.63) is 0 Å². The number of carbonyl (C=O) groups is 1. The fraction of sp³-hybridized carbons (Fsp3) is 0.889. The highest BCUT2D eigenvalue weighted by Gasteiger charge is 2.03. The number of carboxylic acids is 1. The molecule has 5 nitrogen and oxygen atoms in total. The van der Waals surface area contributed by atoms with Gasteiger partial charge in [0.25, 0.3) is 0 Å². The maximum absolute atomic E-state index is 9.34. The van der Waals surface area contributed by atoms with Gasteiger partial charge in [0.1, 0.15) is 6.54 Å². The van der Waals surface area contributed by atoms with Crippen molar-refractivity contribution in [2.75, 3.05) is 41.4 Å². The molecule has 0 bridgehead atoms. The summed E-state index contributed by atoms with van der Waals surface area (Å²) in [6, 6.07) is 0. The molecule has 1 N–H and O–H groups in total. The van der Waals surface area contributed by atoms with E-state index in [2.05, 4.69) is 21.1 Å². The van der Waals surface area contributed by atoms with Crippen molar-refractivity contribution >= 4 is 5.97 Å². The topological polar surface area (TPSA) is 69.6 Å². The fourth-order valence-corrected chi connectivity index (χ4v) is 0.365. The molecule has 0 saturated heterocycles. The molecule has 0 amide bonds. The van der Waals surface area contributed by atoms with Gasteiger partial charge in [-0.05, 0) is 6.92 Å². The monoisotopic (exact) mass is 207 g/mol. The molecule has 86 valence electrons. The predicted octanol–water partition coefficient (Wildman–Crippen LogP) is -1.54. The van der Waals surface area contributed by atoms with E-state index in [0.717, 1.165) is 24.6 Å². The Kier molecular flexibility index (Phi) is 8.72. The zero-order valence-electron chi connectivity index (χ0n) is 9.61. The number of quaternary nitrogens is 1. The molecule has 0 fully saturated rings. The average Bonchev–Trinajstić information content (AvgIpc) is 2.00. The lowest BCUT2D eigenvalue weighted by molar-refractivity contribution is -0.870. The van der Waals surface area contributed by atoms with Crippen LogP contribution in [0, 0.1) is 0 Å². The normalized spacial score (nSPS) is 12.7. The minimum absolute atomic E-state index is 0.851. The van der Waals surface area contributed by atoms with Crippen molar-refractivity contribution in [1.29, 1.82) is 0 Å². The maximum atomic E-state index is 9.34. The Morgan fingerprint density at radius 2 is 1.86 bits per heavy atom. The van der Waals surface area contributed by atoms with Gasteiger partial charge in [-0.15, -0.1) is 0 Å². The van der Waals surface area contributed by atoms with Crippen LogP contribution in [0.2, 0.25) is 0 Å². The number of aliphatic carboxylic acids is 1. The van der Waals surface area contributed by atoms with Crippen LogP contribution < -0.4 is 5.11 Å². The van der Waals surface area contributed by atoms with Gasteiger partial charge in [0, 0.05) is 7.11 Å². The standard InChI is InChI=1S/C6H16NO.C3H6O3/c1-7(2,3)5-6-8-4;1-2(4)3(5)6/h5-6H2,1-4H3;2,4H,1H3,(H,5,6)/q+1;/p-1. The number of carboxylic acid groups (broad SMARTS) is 1. The number of aliphatic hydroxyl groups excluding tert-OH is 1. The molecule has 1 unspecified atom stereocenters. The van der Waals surface area contributed by atoms with Crippen molar-refractivity contribution < 1.29 is 24.2 Å². The van der Waals surface area contributed by atoms with Crippen LogP contribution in [-0.2, 0) is 9.53 Å². The van der Waals surface area contributed by atoms with Gasteiger partial charge in [-0.1, -0.05) is 0 Å². The number of methoxy groups -OCH3 is 1. The lowest BCUT2D eigenvalue weighted by Crippen LogP contribution is -2.37. The zero-order chi connectivity index (χ0) is 11.8. The van der Waals surface area contributed by atoms with Crippen molar-refractivity contribution in [2.24, 2.45) is 0 Å². The minimum Gasteiger partial charge on any atom is -0.547 e. The Morgan fingerprint density at radius 1 is 1.50 bits per heavy atom. The molecular weight excluding hydrogens is 186 g/mol. The van der Waals surface area contributed by atoms with Gasteiger partial charge in [0.05, 0.1) is 39.8 Å². The number of carbonyl (C=O) groups excluding carboxylic acids is 1. The van der Waals surface area contributed by atoms with E-state index in [1.54, 1.807) is 7.11 Å². The molecular formula is C9H21NO4. The fourth-order valence-electron chi connectivity index (χ4n) is 0.365. The highest BCUT2D eigenvalue weighted by molar-refractivity contribution is 5.68. The van der Waals surface area contributed by atoms with Gasteiger partial charge in [-0.2, -0.15) is 0 Å². The highest BCUT2D eigenvalue weighted by Crippen LogP contribution is 1.87. The molecule has 0 aromatic carbocycles. The third kappa shape index (κ3) is 17.4. The second-order valence-electron chi connectivity index (χ2n) is 4.00. The summed E-state index contributed by atoms with van der Waals surface area (Å²) < 4.78 is 5.88. The first-order valence-corrected chi connectivity index (χ1v) is 4.39. The third-order valence-corrected chi connectivity index (χ3v) is 1.31. The van der Waals surface area contributed by atoms with Gasteiger partial charge in [0.2, 0.25) is 0 Å². The number of hydrogen-bond acceptors (Lipinski definition) is 4. The summed E-state index contributed by atoms with van der Waals surface area (Å²) in [5, 5.41) is 17.3. The first kappa shape index (κ1) is 15.8. The van der Waals surface area contributed by atoms with Crippen LogP contribution in [0.15, 0.2) is 0 Å². The molecule has 1 atom stereocenters. The minimum atomic E-state index is -1.44. The van der Waals surface area contributed by atoms with Crippen molar-refractivity contribution in [3.8, 4) is 0 Å². The van der Waals surface area contributed by atoms with Crippen LogP contribution in [0.5, 0.6) is 0 Å². The summed E-state index contributed by atoms with van der Waals surface area (Å²) >= 11 is 0. The lowest BCUT2D eigenvalue weighted by Gasteiger charge is -2.22. The summed E-state index contributed by atoms with van der Waals surface area (Å²) in [5.74, 6) is -1.44. The van der Waals surface area contributed by atoms with Crippen LogP contribution in [0.1, 0.15) is 6.92 Å². The number of rotatable bonds is 4. The van der Waals surface area contributed by atoms with Gasteiger partial charge in [-0.25, -0.2) is 0 Å². The number of hydrogen-bond donors (Lipinski definition) is 1. The maximum Gasteiger partial charge on any atom is 0.102 e. The molecule has 0 aliphatic carbocycles. The zero-order valence-corrected chi connectivity index (χ0v) is 9.61. The first-order valence-electron chi connectivity index (χ1n) is 4.39. The molecule has 0 radical (unpaired) electrons. The van der Waals surface area contributed by atoms with E-state index in [-0.39, 0.29) is 0 Å². The summed E-state index contributed by atoms with van der Waals surface area (Å²) in [6.45, 7) is 3.06. The average molecular weight is 207 g/mol. The molecule has 0 saturated carbocycles.